The highest BCUT2D eigenvalue weighted by Crippen LogP contribution is 2.22. The van der Waals surface area contributed by atoms with Crippen molar-refractivity contribution in [3.8, 4) is 0 Å². The molecule has 0 spiro atoms. The Morgan fingerprint density at radius 1 is 1.47 bits per heavy atom. The van der Waals surface area contributed by atoms with Crippen LogP contribution in [0.1, 0.15) is 4.88 Å². The second-order valence-electron chi connectivity index (χ2n) is 3.15. The molecule has 17 heavy (non-hydrogen) atoms. The highest BCUT2D eigenvalue weighted by atomic mass is 79.9. The number of rotatable bonds is 4. The van der Waals surface area contributed by atoms with E-state index in [-0.39, 0.29) is 0 Å². The molecule has 0 aliphatic rings. The van der Waals surface area contributed by atoms with Crippen LogP contribution in [0.5, 0.6) is 0 Å². The maximum absolute atomic E-state index is 5.91. The molecule has 0 aliphatic carbocycles. The van der Waals surface area contributed by atoms with Crippen LogP contribution in [-0.2, 0) is 6.54 Å². The van der Waals surface area contributed by atoms with Crippen LogP contribution >= 0.6 is 50.6 Å². The molecule has 2 aromatic rings. The maximum atomic E-state index is 5.91. The van der Waals surface area contributed by atoms with Gasteiger partial charge in [-0.15, -0.1) is 11.3 Å². The van der Waals surface area contributed by atoms with E-state index in [2.05, 4.69) is 42.7 Å². The van der Waals surface area contributed by atoms with Crippen molar-refractivity contribution in [3.05, 3.63) is 32.0 Å². The average Bonchev–Trinajstić information content (AvgIpc) is 2.72. The topological polar surface area (TPSA) is 37.8 Å². The Hall–Kier alpha value is -0.300. The van der Waals surface area contributed by atoms with E-state index in [0.29, 0.717) is 10.3 Å². The van der Waals surface area contributed by atoms with E-state index in [9.17, 15) is 0 Å². The number of thiophene rings is 1. The number of anilines is 1. The van der Waals surface area contributed by atoms with Crippen molar-refractivity contribution in [2.75, 3.05) is 11.6 Å². The van der Waals surface area contributed by atoms with Gasteiger partial charge >= 0.3 is 0 Å². The Morgan fingerprint density at radius 3 is 2.94 bits per heavy atom. The molecule has 2 heterocycles. The molecule has 7 heteroatoms. The van der Waals surface area contributed by atoms with E-state index in [4.69, 9.17) is 11.6 Å². The largest absolute Gasteiger partial charge is 0.365 e. The third kappa shape index (κ3) is 3.84. The molecule has 0 fully saturated rings. The molecule has 3 nitrogen and oxygen atoms in total. The number of thioether (sulfide) groups is 1. The zero-order chi connectivity index (χ0) is 12.3. The summed E-state index contributed by atoms with van der Waals surface area (Å²) >= 11 is 12.5. The number of nitrogens with one attached hydrogen (secondary N) is 1. The number of halogens is 2. The Kier molecular flexibility index (Phi) is 4.67. The summed E-state index contributed by atoms with van der Waals surface area (Å²) in [6.45, 7) is 0.734. The molecule has 0 radical (unpaired) electrons. The van der Waals surface area contributed by atoms with Crippen LogP contribution in [0.3, 0.4) is 0 Å². The fraction of sp³-hybridized carbons (Fsp3) is 0.200. The minimum absolute atomic E-state index is 0.458. The highest BCUT2D eigenvalue weighted by molar-refractivity contribution is 9.10. The number of hydrogen-bond acceptors (Lipinski definition) is 5. The number of hydrogen-bond donors (Lipinski definition) is 1. The molecule has 0 amide bonds. The molecule has 0 saturated heterocycles. The summed E-state index contributed by atoms with van der Waals surface area (Å²) in [6, 6.07) is 3.81. The van der Waals surface area contributed by atoms with E-state index >= 15 is 0 Å². The number of nitrogens with zero attached hydrogens (tertiary/aromatic N) is 2. The van der Waals surface area contributed by atoms with Crippen LogP contribution in [0.25, 0.3) is 0 Å². The van der Waals surface area contributed by atoms with E-state index in [1.54, 1.807) is 17.4 Å². The maximum Gasteiger partial charge on any atom is 0.190 e. The standard InChI is InChI=1S/C10H9BrClN3S2/c1-16-10-14-8(12)3-9(15-10)13-4-7-2-6(11)5-17-7/h2-3,5H,4H2,1H3,(H,13,14,15). The summed E-state index contributed by atoms with van der Waals surface area (Å²) in [5, 5.41) is 6.41. The molecular weight excluding hydrogens is 342 g/mol. The van der Waals surface area contributed by atoms with Gasteiger partial charge in [0.15, 0.2) is 5.16 Å². The quantitative estimate of drug-likeness (QED) is 0.507. The smallest absolute Gasteiger partial charge is 0.190 e. The van der Waals surface area contributed by atoms with Gasteiger partial charge in [-0.1, -0.05) is 23.4 Å². The van der Waals surface area contributed by atoms with E-state index in [0.717, 1.165) is 16.8 Å². The molecule has 2 aromatic heterocycles. The van der Waals surface area contributed by atoms with Crippen LogP contribution in [0.15, 0.2) is 27.1 Å². The molecule has 0 bridgehead atoms. The SMILES string of the molecule is CSc1nc(Cl)cc(NCc2cc(Br)cs2)n1. The van der Waals surface area contributed by atoms with E-state index in [1.165, 1.54) is 16.6 Å². The van der Waals surface area contributed by atoms with Crippen molar-refractivity contribution in [1.29, 1.82) is 0 Å². The minimum Gasteiger partial charge on any atom is -0.365 e. The van der Waals surface area contributed by atoms with Crippen molar-refractivity contribution in [2.24, 2.45) is 0 Å². The second kappa shape index (κ2) is 6.04. The van der Waals surface area contributed by atoms with Crippen molar-refractivity contribution in [1.82, 2.24) is 9.97 Å². The zero-order valence-corrected chi connectivity index (χ0v) is 12.9. The lowest BCUT2D eigenvalue weighted by Crippen LogP contribution is -2.01. The number of aromatic nitrogens is 2. The normalized spacial score (nSPS) is 10.5. The van der Waals surface area contributed by atoms with Gasteiger partial charge in [-0.25, -0.2) is 9.97 Å². The molecule has 1 N–H and O–H groups in total. The summed E-state index contributed by atoms with van der Waals surface area (Å²) in [5.41, 5.74) is 0. The Morgan fingerprint density at radius 2 is 2.29 bits per heavy atom. The van der Waals surface area contributed by atoms with Crippen molar-refractivity contribution in [3.63, 3.8) is 0 Å². The summed E-state index contributed by atoms with van der Waals surface area (Å²) in [4.78, 5) is 9.64. The van der Waals surface area contributed by atoms with Crippen molar-refractivity contribution < 1.29 is 0 Å². The van der Waals surface area contributed by atoms with Crippen LogP contribution in [0.2, 0.25) is 5.15 Å². The first-order valence-corrected chi connectivity index (χ1v) is 8.00. The fourth-order valence-electron chi connectivity index (χ4n) is 1.20. The first kappa shape index (κ1) is 13.1. The summed E-state index contributed by atoms with van der Waals surface area (Å²) in [5.74, 6) is 0.749. The minimum atomic E-state index is 0.458. The molecule has 90 valence electrons. The van der Waals surface area contributed by atoms with Gasteiger partial charge in [0.1, 0.15) is 11.0 Å². The molecule has 2 rings (SSSR count). The molecule has 0 saturated carbocycles. The lowest BCUT2D eigenvalue weighted by molar-refractivity contribution is 0.959. The Balaban J connectivity index is 2.05. The lowest BCUT2D eigenvalue weighted by atomic mass is 10.4. The van der Waals surface area contributed by atoms with Gasteiger partial charge in [0, 0.05) is 20.8 Å². The van der Waals surface area contributed by atoms with Crippen LogP contribution in [0.4, 0.5) is 5.82 Å². The van der Waals surface area contributed by atoms with Crippen molar-refractivity contribution in [2.45, 2.75) is 11.7 Å². The Labute approximate surface area is 121 Å². The summed E-state index contributed by atoms with van der Waals surface area (Å²) in [6.07, 6.45) is 1.92. The summed E-state index contributed by atoms with van der Waals surface area (Å²) < 4.78 is 1.10. The van der Waals surface area contributed by atoms with Gasteiger partial charge in [-0.05, 0) is 28.3 Å². The van der Waals surface area contributed by atoms with Gasteiger partial charge in [-0.3, -0.25) is 0 Å². The predicted octanol–water partition coefficient (Wildman–Crippen LogP) is 4.29. The van der Waals surface area contributed by atoms with E-state index < -0.39 is 0 Å². The summed E-state index contributed by atoms with van der Waals surface area (Å²) in [7, 11) is 0. The van der Waals surface area contributed by atoms with Crippen molar-refractivity contribution >= 4 is 56.4 Å². The second-order valence-corrected chi connectivity index (χ2v) is 6.22. The molecule has 0 atom stereocenters. The van der Waals surface area contributed by atoms with Gasteiger partial charge in [-0.2, -0.15) is 0 Å². The van der Waals surface area contributed by atoms with Gasteiger partial charge in [0.25, 0.3) is 0 Å². The van der Waals surface area contributed by atoms with Gasteiger partial charge in [0.05, 0.1) is 6.54 Å². The van der Waals surface area contributed by atoms with E-state index in [1.807, 2.05) is 6.26 Å². The van der Waals surface area contributed by atoms with Crippen LogP contribution < -0.4 is 5.32 Å². The third-order valence-electron chi connectivity index (χ3n) is 1.92. The van der Waals surface area contributed by atoms with Gasteiger partial charge < -0.3 is 5.32 Å². The molecular formula is C10H9BrClN3S2. The third-order valence-corrected chi connectivity index (χ3v) is 4.36. The Bertz CT molecular complexity index is 518. The molecule has 0 aliphatic heterocycles. The zero-order valence-electron chi connectivity index (χ0n) is 8.91. The molecule has 0 unspecified atom stereocenters. The average molecular weight is 351 g/mol. The first-order chi connectivity index (χ1) is 8.17. The fourth-order valence-corrected chi connectivity index (χ4v) is 3.21. The highest BCUT2D eigenvalue weighted by Gasteiger charge is 2.03. The molecule has 0 aromatic carbocycles. The van der Waals surface area contributed by atoms with Crippen LogP contribution in [0, 0.1) is 0 Å². The van der Waals surface area contributed by atoms with Crippen LogP contribution in [-0.4, -0.2) is 16.2 Å². The lowest BCUT2D eigenvalue weighted by Gasteiger charge is -2.05. The predicted molar refractivity (Wildman–Crippen MR) is 78.2 cm³/mol. The van der Waals surface area contributed by atoms with Gasteiger partial charge in [0.2, 0.25) is 0 Å². The first-order valence-electron chi connectivity index (χ1n) is 4.73. The monoisotopic (exact) mass is 349 g/mol.